The Morgan fingerprint density at radius 3 is 2.45 bits per heavy atom. The molecule has 60 valence electrons. The van der Waals surface area contributed by atoms with E-state index in [1.54, 1.807) is 0 Å². The summed E-state index contributed by atoms with van der Waals surface area (Å²) >= 11 is 0. The van der Waals surface area contributed by atoms with Crippen LogP contribution in [0.5, 0.6) is 0 Å². The molecule has 1 heteroatoms. The van der Waals surface area contributed by atoms with Crippen LogP contribution in [-0.2, 0) is 4.79 Å². The lowest BCUT2D eigenvalue weighted by molar-refractivity contribution is -0.141. The van der Waals surface area contributed by atoms with E-state index in [2.05, 4.69) is 20.4 Å². The van der Waals surface area contributed by atoms with Crippen molar-refractivity contribution in [1.29, 1.82) is 0 Å². The predicted molar refractivity (Wildman–Crippen MR) is 44.1 cm³/mol. The lowest BCUT2D eigenvalue weighted by atomic mass is 9.47. The molecule has 0 radical (unpaired) electrons. The molecule has 2 bridgehead atoms. The van der Waals surface area contributed by atoms with Crippen LogP contribution in [0.25, 0.3) is 0 Å². The minimum atomic E-state index is 0.229. The Morgan fingerprint density at radius 2 is 2.09 bits per heavy atom. The molecule has 11 heavy (non-hydrogen) atoms. The molecule has 1 nitrogen and oxygen atoms in total. The number of carbonyl (C=O) groups is 1. The number of Topliss-reactive ketones (excluding diaryl/α,β-unsaturated/α-hetero) is 1. The Kier molecular flexibility index (Phi) is 1.14. The van der Waals surface area contributed by atoms with E-state index in [9.17, 15) is 4.79 Å². The molecule has 0 spiro atoms. The van der Waals surface area contributed by atoms with E-state index in [0.29, 0.717) is 24.0 Å². The van der Waals surface area contributed by atoms with E-state index in [0.717, 1.165) is 6.42 Å². The van der Waals surface area contributed by atoms with Crippen molar-refractivity contribution in [3.05, 3.63) is 12.2 Å². The number of allylic oxidation sites excluding steroid dienone is 1. The smallest absolute Gasteiger partial charge is 0.140 e. The second-order valence-electron chi connectivity index (χ2n) is 4.46. The van der Waals surface area contributed by atoms with Crippen molar-refractivity contribution in [1.82, 2.24) is 0 Å². The van der Waals surface area contributed by atoms with Gasteiger partial charge in [-0.3, -0.25) is 4.79 Å². The van der Waals surface area contributed by atoms with E-state index in [-0.39, 0.29) is 5.41 Å². The summed E-state index contributed by atoms with van der Waals surface area (Å²) in [5.41, 5.74) is 1.40. The Morgan fingerprint density at radius 1 is 1.45 bits per heavy atom. The summed E-state index contributed by atoms with van der Waals surface area (Å²) in [6, 6.07) is 0. The van der Waals surface area contributed by atoms with Crippen LogP contribution in [0.3, 0.4) is 0 Å². The fraction of sp³-hybridized carbons (Fsp3) is 0.700. The molecule has 0 aromatic heterocycles. The van der Waals surface area contributed by atoms with Gasteiger partial charge in [0.1, 0.15) is 5.78 Å². The molecule has 3 rings (SSSR count). The van der Waals surface area contributed by atoms with Gasteiger partial charge in [0.25, 0.3) is 0 Å². The summed E-state index contributed by atoms with van der Waals surface area (Å²) in [5, 5.41) is 0. The second-order valence-corrected chi connectivity index (χ2v) is 4.46. The number of hydrogen-bond acceptors (Lipinski definition) is 1. The topological polar surface area (TPSA) is 17.1 Å². The van der Waals surface area contributed by atoms with Gasteiger partial charge in [-0.2, -0.15) is 0 Å². The van der Waals surface area contributed by atoms with E-state index in [4.69, 9.17) is 0 Å². The summed E-state index contributed by atoms with van der Waals surface area (Å²) < 4.78 is 0. The first-order valence-electron chi connectivity index (χ1n) is 4.24. The van der Waals surface area contributed by atoms with Crippen LogP contribution in [0.15, 0.2) is 12.2 Å². The largest absolute Gasteiger partial charge is 0.299 e. The average Bonchev–Trinajstić information content (AvgIpc) is 1.84. The van der Waals surface area contributed by atoms with Gasteiger partial charge in [-0.25, -0.2) is 0 Å². The number of hydrogen-bond donors (Lipinski definition) is 0. The second kappa shape index (κ2) is 1.77. The van der Waals surface area contributed by atoms with Gasteiger partial charge in [0, 0.05) is 12.3 Å². The number of carbonyl (C=O) groups excluding carboxylic acids is 1. The molecular formula is C10H14O. The van der Waals surface area contributed by atoms with Gasteiger partial charge in [-0.15, -0.1) is 0 Å². The number of ketones is 1. The maximum absolute atomic E-state index is 11.4. The summed E-state index contributed by atoms with van der Waals surface area (Å²) in [7, 11) is 0. The third-order valence-electron chi connectivity index (χ3n) is 3.55. The average molecular weight is 150 g/mol. The molecule has 0 aromatic carbocycles. The lowest BCUT2D eigenvalue weighted by Gasteiger charge is -2.56. The molecule has 0 aliphatic heterocycles. The third-order valence-corrected chi connectivity index (χ3v) is 3.55. The Bertz CT molecular complexity index is 215. The third kappa shape index (κ3) is 0.688. The highest BCUT2D eigenvalue weighted by molar-refractivity contribution is 5.87. The molecular weight excluding hydrogens is 136 g/mol. The fourth-order valence-corrected chi connectivity index (χ4v) is 2.63. The van der Waals surface area contributed by atoms with Crippen LogP contribution in [-0.4, -0.2) is 5.78 Å². The van der Waals surface area contributed by atoms with Gasteiger partial charge in [-0.05, 0) is 17.8 Å². The van der Waals surface area contributed by atoms with Crippen molar-refractivity contribution >= 4 is 5.78 Å². The molecule has 2 atom stereocenters. The Balaban J connectivity index is 2.33. The zero-order valence-electron chi connectivity index (χ0n) is 7.18. The summed E-state index contributed by atoms with van der Waals surface area (Å²) in [6.07, 6.45) is 1.73. The van der Waals surface area contributed by atoms with Gasteiger partial charge < -0.3 is 0 Å². The minimum Gasteiger partial charge on any atom is -0.299 e. The minimum absolute atomic E-state index is 0.229. The number of rotatable bonds is 0. The van der Waals surface area contributed by atoms with Crippen molar-refractivity contribution in [2.45, 2.75) is 26.7 Å². The first-order valence-corrected chi connectivity index (χ1v) is 4.24. The first kappa shape index (κ1) is 7.08. The molecule has 0 amide bonds. The molecule has 0 N–H and O–H groups in total. The van der Waals surface area contributed by atoms with Crippen molar-refractivity contribution < 1.29 is 4.79 Å². The van der Waals surface area contributed by atoms with Crippen LogP contribution in [0.4, 0.5) is 0 Å². The SMILES string of the molecule is C=C1CC(=O)[C@@H]2C[C@H]1C2(C)C. The van der Waals surface area contributed by atoms with Crippen LogP contribution < -0.4 is 0 Å². The quantitative estimate of drug-likeness (QED) is 0.484. The Labute approximate surface area is 67.5 Å². The zero-order valence-corrected chi connectivity index (χ0v) is 7.18. The molecule has 3 saturated carbocycles. The normalized spacial score (nSPS) is 40.2. The molecule has 0 unspecified atom stereocenters. The maximum Gasteiger partial charge on any atom is 0.140 e. The van der Waals surface area contributed by atoms with Crippen LogP contribution in [0.1, 0.15) is 26.7 Å². The van der Waals surface area contributed by atoms with E-state index < -0.39 is 0 Å². The van der Waals surface area contributed by atoms with Crippen molar-refractivity contribution in [2.75, 3.05) is 0 Å². The van der Waals surface area contributed by atoms with Crippen molar-refractivity contribution in [3.63, 3.8) is 0 Å². The maximum atomic E-state index is 11.4. The van der Waals surface area contributed by atoms with Gasteiger partial charge in [-0.1, -0.05) is 26.0 Å². The molecule has 0 saturated heterocycles. The van der Waals surface area contributed by atoms with Gasteiger partial charge in [0.2, 0.25) is 0 Å². The van der Waals surface area contributed by atoms with Crippen molar-refractivity contribution in [2.24, 2.45) is 17.3 Å². The molecule has 0 aromatic rings. The van der Waals surface area contributed by atoms with Crippen LogP contribution >= 0.6 is 0 Å². The van der Waals surface area contributed by atoms with Crippen molar-refractivity contribution in [3.8, 4) is 0 Å². The first-order chi connectivity index (χ1) is 5.03. The van der Waals surface area contributed by atoms with E-state index in [1.807, 2.05) is 0 Å². The lowest BCUT2D eigenvalue weighted by Crippen LogP contribution is -2.53. The number of fused-ring (bicyclic) bond motifs is 2. The molecule has 3 aliphatic rings. The fourth-order valence-electron chi connectivity index (χ4n) is 2.63. The molecule has 0 heterocycles. The van der Waals surface area contributed by atoms with E-state index >= 15 is 0 Å². The highest BCUT2D eigenvalue weighted by atomic mass is 16.1. The monoisotopic (exact) mass is 150 g/mol. The van der Waals surface area contributed by atoms with E-state index in [1.165, 1.54) is 5.57 Å². The molecule has 3 fully saturated rings. The zero-order chi connectivity index (χ0) is 8.22. The van der Waals surface area contributed by atoms with Gasteiger partial charge in [0.05, 0.1) is 0 Å². The molecule has 3 aliphatic carbocycles. The van der Waals surface area contributed by atoms with Gasteiger partial charge in [0.15, 0.2) is 0 Å². The standard InChI is InChI=1S/C10H14O/c1-6-4-9(11)8-5-7(6)10(8,2)3/h7-8H,1,4-5H2,2-3H3/t7-,8+/m1/s1. The Hall–Kier alpha value is -0.590. The van der Waals surface area contributed by atoms with Crippen LogP contribution in [0.2, 0.25) is 0 Å². The van der Waals surface area contributed by atoms with Crippen LogP contribution in [0, 0.1) is 17.3 Å². The highest BCUT2D eigenvalue weighted by Gasteiger charge is 2.55. The summed E-state index contributed by atoms with van der Waals surface area (Å²) in [4.78, 5) is 11.4. The van der Waals surface area contributed by atoms with Gasteiger partial charge >= 0.3 is 0 Å². The summed E-state index contributed by atoms with van der Waals surface area (Å²) in [5.74, 6) is 1.39. The highest BCUT2D eigenvalue weighted by Crippen LogP contribution is 2.59. The summed E-state index contributed by atoms with van der Waals surface area (Å²) in [6.45, 7) is 8.34. The predicted octanol–water partition coefficient (Wildman–Crippen LogP) is 2.18.